The van der Waals surface area contributed by atoms with E-state index in [1.807, 2.05) is 24.3 Å². The maximum Gasteiger partial charge on any atom is 0.371 e. The molecule has 0 spiro atoms. The second kappa shape index (κ2) is 5.75. The Hall–Kier alpha value is -2.01. The first kappa shape index (κ1) is 13.4. The molecule has 1 aromatic carbocycles. The molecule has 98 valence electrons. The Balaban J connectivity index is 2.24. The van der Waals surface area contributed by atoms with Crippen molar-refractivity contribution in [3.8, 4) is 0 Å². The van der Waals surface area contributed by atoms with E-state index < -0.39 is 5.97 Å². The number of fused-ring (bicyclic) bond motifs is 1. The summed E-state index contributed by atoms with van der Waals surface area (Å²) in [5.74, 6) is -1.19. The Morgan fingerprint density at radius 3 is 2.89 bits per heavy atom. The van der Waals surface area contributed by atoms with Crippen LogP contribution in [0.2, 0.25) is 0 Å². The van der Waals surface area contributed by atoms with E-state index in [-0.39, 0.29) is 5.76 Å². The van der Waals surface area contributed by atoms with E-state index >= 15 is 0 Å². The van der Waals surface area contributed by atoms with Gasteiger partial charge in [0.1, 0.15) is 0 Å². The van der Waals surface area contributed by atoms with Crippen LogP contribution in [0.25, 0.3) is 17.0 Å². The predicted molar refractivity (Wildman–Crippen MR) is 77.8 cm³/mol. The second-order valence-corrected chi connectivity index (χ2v) is 4.77. The molecular formula is C14H12BrNO3. The van der Waals surface area contributed by atoms with Gasteiger partial charge in [0, 0.05) is 21.1 Å². The number of ether oxygens (including phenoxy) is 1. The highest BCUT2D eigenvalue weighted by atomic mass is 79.9. The average molecular weight is 322 g/mol. The molecule has 0 atom stereocenters. The highest BCUT2D eigenvalue weighted by Crippen LogP contribution is 2.21. The number of rotatable bonds is 4. The number of carbonyl (C=O) groups is 1. The smallest absolute Gasteiger partial charge is 0.371 e. The third-order valence-electron chi connectivity index (χ3n) is 2.56. The van der Waals surface area contributed by atoms with Crippen LogP contribution in [0, 0.1) is 0 Å². The van der Waals surface area contributed by atoms with E-state index in [9.17, 15) is 4.79 Å². The van der Waals surface area contributed by atoms with Gasteiger partial charge in [0.25, 0.3) is 0 Å². The van der Waals surface area contributed by atoms with Crippen LogP contribution >= 0.6 is 15.9 Å². The van der Waals surface area contributed by atoms with Crippen LogP contribution in [0.5, 0.6) is 0 Å². The van der Waals surface area contributed by atoms with Gasteiger partial charge >= 0.3 is 5.97 Å². The van der Waals surface area contributed by atoms with Crippen molar-refractivity contribution in [1.29, 1.82) is 0 Å². The van der Waals surface area contributed by atoms with Crippen molar-refractivity contribution in [2.45, 2.75) is 0 Å². The summed E-state index contributed by atoms with van der Waals surface area (Å²) in [7, 11) is 1.33. The van der Waals surface area contributed by atoms with Crippen LogP contribution < -0.4 is 0 Å². The first-order valence-electron chi connectivity index (χ1n) is 5.54. The molecule has 0 radical (unpaired) electrons. The minimum Gasteiger partial charge on any atom is -0.490 e. The lowest BCUT2D eigenvalue weighted by Gasteiger charge is -1.96. The van der Waals surface area contributed by atoms with E-state index in [4.69, 9.17) is 9.84 Å². The summed E-state index contributed by atoms with van der Waals surface area (Å²) < 4.78 is 5.73. The summed E-state index contributed by atoms with van der Waals surface area (Å²) in [4.78, 5) is 13.9. The molecular weight excluding hydrogens is 310 g/mol. The second-order valence-electron chi connectivity index (χ2n) is 3.86. The molecule has 0 unspecified atom stereocenters. The van der Waals surface area contributed by atoms with Gasteiger partial charge in [0.15, 0.2) is 0 Å². The van der Waals surface area contributed by atoms with Gasteiger partial charge in [-0.25, -0.2) is 4.79 Å². The van der Waals surface area contributed by atoms with E-state index in [0.717, 1.165) is 21.1 Å². The van der Waals surface area contributed by atoms with Gasteiger partial charge in [-0.05, 0) is 36.4 Å². The maximum atomic E-state index is 10.7. The largest absolute Gasteiger partial charge is 0.490 e. The van der Waals surface area contributed by atoms with Gasteiger partial charge in [-0.3, -0.25) is 0 Å². The van der Waals surface area contributed by atoms with Crippen LogP contribution in [-0.4, -0.2) is 23.2 Å². The van der Waals surface area contributed by atoms with E-state index in [1.165, 1.54) is 13.2 Å². The number of allylic oxidation sites excluding steroid dienone is 2. The van der Waals surface area contributed by atoms with E-state index in [1.54, 1.807) is 12.2 Å². The Labute approximate surface area is 118 Å². The van der Waals surface area contributed by atoms with Gasteiger partial charge in [-0.2, -0.15) is 0 Å². The highest BCUT2D eigenvalue weighted by molar-refractivity contribution is 9.10. The van der Waals surface area contributed by atoms with E-state index in [2.05, 4.69) is 20.9 Å². The summed E-state index contributed by atoms with van der Waals surface area (Å²) in [6.45, 7) is 0. The van der Waals surface area contributed by atoms with Crippen molar-refractivity contribution in [2.75, 3.05) is 7.11 Å². The zero-order valence-electron chi connectivity index (χ0n) is 10.2. The number of halogens is 1. The van der Waals surface area contributed by atoms with Gasteiger partial charge in [-0.1, -0.05) is 22.0 Å². The number of carboxylic acid groups (broad SMARTS) is 1. The van der Waals surface area contributed by atoms with Crippen molar-refractivity contribution in [2.24, 2.45) is 0 Å². The van der Waals surface area contributed by atoms with Crippen molar-refractivity contribution in [3.05, 3.63) is 52.3 Å². The number of hydrogen-bond donors (Lipinski definition) is 2. The van der Waals surface area contributed by atoms with Crippen LogP contribution in [0.3, 0.4) is 0 Å². The zero-order valence-corrected chi connectivity index (χ0v) is 11.8. The highest BCUT2D eigenvalue weighted by Gasteiger charge is 2.03. The van der Waals surface area contributed by atoms with Crippen LogP contribution in [0.4, 0.5) is 0 Å². The number of nitrogens with one attached hydrogen (secondary N) is 1. The van der Waals surface area contributed by atoms with E-state index in [0.29, 0.717) is 0 Å². The molecule has 0 amide bonds. The number of H-pyrrole nitrogens is 1. The lowest BCUT2D eigenvalue weighted by Crippen LogP contribution is -2.01. The third kappa shape index (κ3) is 3.26. The minimum atomic E-state index is -1.09. The maximum absolute atomic E-state index is 10.7. The lowest BCUT2D eigenvalue weighted by molar-refractivity contribution is -0.136. The lowest BCUT2D eigenvalue weighted by atomic mass is 10.2. The monoisotopic (exact) mass is 321 g/mol. The van der Waals surface area contributed by atoms with Gasteiger partial charge < -0.3 is 14.8 Å². The molecule has 0 saturated heterocycles. The first-order valence-corrected chi connectivity index (χ1v) is 6.33. The van der Waals surface area contributed by atoms with Crippen molar-refractivity contribution >= 4 is 38.9 Å². The van der Waals surface area contributed by atoms with Gasteiger partial charge in [0.05, 0.1) is 7.11 Å². The standard InChI is InChI=1S/C14H12BrNO3/c1-19-13(14(17)18)4-2-3-11-8-9-7-10(15)5-6-12(9)16-11/h2-8,16H,1H3,(H,17,18)/b3-2+,13-4-. The van der Waals surface area contributed by atoms with Crippen LogP contribution in [-0.2, 0) is 9.53 Å². The number of carboxylic acids is 1. The molecule has 2 aromatic rings. The molecule has 0 aliphatic heterocycles. The van der Waals surface area contributed by atoms with Crippen molar-refractivity contribution < 1.29 is 14.6 Å². The molecule has 1 aromatic heterocycles. The predicted octanol–water partition coefficient (Wildman–Crippen LogP) is 3.56. The molecule has 4 nitrogen and oxygen atoms in total. The number of benzene rings is 1. The van der Waals surface area contributed by atoms with Crippen molar-refractivity contribution in [1.82, 2.24) is 4.98 Å². The molecule has 0 fully saturated rings. The first-order chi connectivity index (χ1) is 9.10. The summed E-state index contributed by atoms with van der Waals surface area (Å²) in [5, 5.41) is 9.86. The fourth-order valence-electron chi connectivity index (χ4n) is 1.68. The normalized spacial score (nSPS) is 12.2. The molecule has 0 aliphatic rings. The topological polar surface area (TPSA) is 62.3 Å². The quantitative estimate of drug-likeness (QED) is 0.514. The summed E-state index contributed by atoms with van der Waals surface area (Å²) in [5.41, 5.74) is 1.92. The SMILES string of the molecule is CO/C(=C\C=C\c1cc2cc(Br)ccc2[nH]1)C(=O)O. The van der Waals surface area contributed by atoms with Crippen LogP contribution in [0.15, 0.2) is 46.6 Å². The summed E-state index contributed by atoms with van der Waals surface area (Å²) in [6, 6.07) is 7.93. The molecule has 19 heavy (non-hydrogen) atoms. The average Bonchev–Trinajstić information content (AvgIpc) is 2.75. The number of methoxy groups -OCH3 is 1. The zero-order chi connectivity index (χ0) is 13.8. The van der Waals surface area contributed by atoms with Gasteiger partial charge in [0.2, 0.25) is 5.76 Å². The molecule has 2 rings (SSSR count). The molecule has 1 heterocycles. The Kier molecular flexibility index (Phi) is 4.06. The number of aromatic amines is 1. The molecule has 0 bridgehead atoms. The fourth-order valence-corrected chi connectivity index (χ4v) is 2.06. The van der Waals surface area contributed by atoms with Crippen molar-refractivity contribution in [3.63, 3.8) is 0 Å². The Morgan fingerprint density at radius 2 is 2.21 bits per heavy atom. The number of hydrogen-bond acceptors (Lipinski definition) is 2. The molecule has 2 N–H and O–H groups in total. The molecule has 0 aliphatic carbocycles. The minimum absolute atomic E-state index is 0.102. The Bertz CT molecular complexity index is 670. The van der Waals surface area contributed by atoms with Crippen LogP contribution in [0.1, 0.15) is 5.69 Å². The Morgan fingerprint density at radius 1 is 1.42 bits per heavy atom. The molecule has 5 heteroatoms. The number of aromatic nitrogens is 1. The number of aliphatic carboxylic acids is 1. The summed E-state index contributed by atoms with van der Waals surface area (Å²) >= 11 is 3.42. The van der Waals surface area contributed by atoms with Gasteiger partial charge in [-0.15, -0.1) is 0 Å². The molecule has 0 saturated carbocycles. The summed E-state index contributed by atoms with van der Waals surface area (Å²) in [6.07, 6.45) is 4.83. The third-order valence-corrected chi connectivity index (χ3v) is 3.05. The fraction of sp³-hybridized carbons (Fsp3) is 0.0714.